The highest BCUT2D eigenvalue weighted by Crippen LogP contribution is 2.27. The van der Waals surface area contributed by atoms with Crippen LogP contribution in [0.15, 0.2) is 18.2 Å². The van der Waals surface area contributed by atoms with Gasteiger partial charge in [0.1, 0.15) is 6.10 Å². The lowest BCUT2D eigenvalue weighted by atomic mass is 9.89. The number of ether oxygens (including phenoxy) is 1. The van der Waals surface area contributed by atoms with Crippen molar-refractivity contribution in [2.24, 2.45) is 5.92 Å². The number of hydrogen-bond donors (Lipinski definition) is 1. The highest BCUT2D eigenvalue weighted by molar-refractivity contribution is 5.92. The number of esters is 1. The van der Waals surface area contributed by atoms with Crippen molar-refractivity contribution < 1.29 is 9.53 Å². The minimum absolute atomic E-state index is 0.0634. The van der Waals surface area contributed by atoms with Crippen molar-refractivity contribution >= 4 is 17.3 Å². The second-order valence-electron chi connectivity index (χ2n) is 5.96. The molecule has 20 heavy (non-hydrogen) atoms. The molecule has 0 aromatic heterocycles. The van der Waals surface area contributed by atoms with Crippen LogP contribution >= 0.6 is 0 Å². The van der Waals surface area contributed by atoms with Gasteiger partial charge in [0, 0.05) is 14.1 Å². The first-order valence-corrected chi connectivity index (χ1v) is 7.25. The zero-order valence-electron chi connectivity index (χ0n) is 12.6. The summed E-state index contributed by atoms with van der Waals surface area (Å²) in [7, 11) is 3.85. The molecule has 0 aliphatic heterocycles. The summed E-state index contributed by atoms with van der Waals surface area (Å²) in [6, 6.07) is 5.33. The molecule has 1 aliphatic rings. The highest BCUT2D eigenvalue weighted by Gasteiger charge is 2.22. The van der Waals surface area contributed by atoms with E-state index in [2.05, 4.69) is 6.92 Å². The molecule has 0 amide bonds. The van der Waals surface area contributed by atoms with E-state index >= 15 is 0 Å². The van der Waals surface area contributed by atoms with Gasteiger partial charge >= 0.3 is 5.97 Å². The molecule has 0 heterocycles. The third kappa shape index (κ3) is 3.44. The first kappa shape index (κ1) is 14.7. The topological polar surface area (TPSA) is 55.6 Å². The molecule has 0 radical (unpaired) electrons. The number of carbonyl (C=O) groups excluding carboxylic acids is 1. The zero-order chi connectivity index (χ0) is 14.7. The van der Waals surface area contributed by atoms with Crippen LogP contribution in [0.25, 0.3) is 0 Å². The maximum Gasteiger partial charge on any atom is 0.338 e. The van der Waals surface area contributed by atoms with Gasteiger partial charge in [-0.25, -0.2) is 4.79 Å². The SMILES string of the molecule is CC1CCC(OC(=O)c2ccc(N(C)C)c(N)c2)CC1. The number of nitrogen functional groups attached to an aromatic ring is 1. The van der Waals surface area contributed by atoms with Crippen molar-refractivity contribution in [3.63, 3.8) is 0 Å². The van der Waals surface area contributed by atoms with Crippen molar-refractivity contribution in [3.8, 4) is 0 Å². The quantitative estimate of drug-likeness (QED) is 0.681. The largest absolute Gasteiger partial charge is 0.459 e. The van der Waals surface area contributed by atoms with Gasteiger partial charge in [-0.15, -0.1) is 0 Å². The van der Waals surface area contributed by atoms with E-state index in [0.29, 0.717) is 11.3 Å². The molecular weight excluding hydrogens is 252 g/mol. The molecule has 2 N–H and O–H groups in total. The predicted octanol–water partition coefficient (Wildman–Crippen LogP) is 3.07. The fourth-order valence-corrected chi connectivity index (χ4v) is 2.66. The van der Waals surface area contributed by atoms with E-state index in [0.717, 1.165) is 37.3 Å². The van der Waals surface area contributed by atoms with E-state index in [9.17, 15) is 4.79 Å². The standard InChI is InChI=1S/C16H24N2O2/c1-11-4-7-13(8-5-11)20-16(19)12-6-9-15(18(2)3)14(17)10-12/h6,9-11,13H,4-5,7-8,17H2,1-3H3. The molecule has 0 spiro atoms. The second kappa shape index (κ2) is 6.16. The summed E-state index contributed by atoms with van der Waals surface area (Å²) in [5.41, 5.74) is 8.01. The Labute approximate surface area is 120 Å². The van der Waals surface area contributed by atoms with E-state index in [4.69, 9.17) is 10.5 Å². The molecule has 1 aromatic rings. The third-order valence-corrected chi connectivity index (χ3v) is 3.98. The molecule has 0 bridgehead atoms. The monoisotopic (exact) mass is 276 g/mol. The summed E-state index contributed by atoms with van der Waals surface area (Å²) in [6.45, 7) is 2.25. The highest BCUT2D eigenvalue weighted by atomic mass is 16.5. The fourth-order valence-electron chi connectivity index (χ4n) is 2.66. The van der Waals surface area contributed by atoms with Gasteiger partial charge in [-0.3, -0.25) is 0 Å². The van der Waals surface area contributed by atoms with Crippen molar-refractivity contribution in [2.45, 2.75) is 38.7 Å². The Bertz CT molecular complexity index is 477. The van der Waals surface area contributed by atoms with Crippen LogP contribution < -0.4 is 10.6 Å². The van der Waals surface area contributed by atoms with Crippen molar-refractivity contribution in [2.75, 3.05) is 24.7 Å². The van der Waals surface area contributed by atoms with Crippen LogP contribution in [0.2, 0.25) is 0 Å². The summed E-state index contributed by atoms with van der Waals surface area (Å²) >= 11 is 0. The average molecular weight is 276 g/mol. The Kier molecular flexibility index (Phi) is 4.53. The van der Waals surface area contributed by atoms with E-state index in [1.165, 1.54) is 0 Å². The van der Waals surface area contributed by atoms with Crippen molar-refractivity contribution in [1.82, 2.24) is 0 Å². The molecule has 1 saturated carbocycles. The van der Waals surface area contributed by atoms with E-state index < -0.39 is 0 Å². The molecule has 4 nitrogen and oxygen atoms in total. The number of nitrogens with two attached hydrogens (primary N) is 1. The Morgan fingerprint density at radius 2 is 1.90 bits per heavy atom. The van der Waals surface area contributed by atoms with Crippen LogP contribution in [0.3, 0.4) is 0 Å². The van der Waals surface area contributed by atoms with Crippen LogP contribution in [0.4, 0.5) is 11.4 Å². The van der Waals surface area contributed by atoms with Gasteiger partial charge in [0.15, 0.2) is 0 Å². The van der Waals surface area contributed by atoms with Gasteiger partial charge in [-0.1, -0.05) is 6.92 Å². The smallest absolute Gasteiger partial charge is 0.338 e. The van der Waals surface area contributed by atoms with Crippen LogP contribution in [0.5, 0.6) is 0 Å². The summed E-state index contributed by atoms with van der Waals surface area (Å²) in [5, 5.41) is 0. The maximum atomic E-state index is 12.1. The van der Waals surface area contributed by atoms with Crippen LogP contribution in [0.1, 0.15) is 43.0 Å². The lowest BCUT2D eigenvalue weighted by Crippen LogP contribution is -2.23. The predicted molar refractivity (Wildman–Crippen MR) is 82.0 cm³/mol. The van der Waals surface area contributed by atoms with Crippen LogP contribution in [-0.2, 0) is 4.74 Å². The molecule has 0 saturated heterocycles. The fraction of sp³-hybridized carbons (Fsp3) is 0.562. The molecule has 1 aromatic carbocycles. The third-order valence-electron chi connectivity index (χ3n) is 3.98. The maximum absolute atomic E-state index is 12.1. The van der Waals surface area contributed by atoms with Crippen molar-refractivity contribution in [3.05, 3.63) is 23.8 Å². The average Bonchev–Trinajstić information content (AvgIpc) is 2.40. The summed E-state index contributed by atoms with van der Waals surface area (Å²) in [4.78, 5) is 14.1. The number of rotatable bonds is 3. The van der Waals surface area contributed by atoms with Crippen LogP contribution in [-0.4, -0.2) is 26.2 Å². The van der Waals surface area contributed by atoms with Crippen LogP contribution in [0, 0.1) is 5.92 Å². The molecular formula is C16H24N2O2. The summed E-state index contributed by atoms with van der Waals surface area (Å²) in [6.07, 6.45) is 4.28. The molecule has 110 valence electrons. The normalized spacial score (nSPS) is 22.4. The molecule has 4 heteroatoms. The van der Waals surface area contributed by atoms with E-state index in [1.54, 1.807) is 12.1 Å². The lowest BCUT2D eigenvalue weighted by Gasteiger charge is -2.26. The number of anilines is 2. The lowest BCUT2D eigenvalue weighted by molar-refractivity contribution is 0.0174. The first-order chi connectivity index (χ1) is 9.47. The second-order valence-corrected chi connectivity index (χ2v) is 5.96. The van der Waals surface area contributed by atoms with Gasteiger partial charge in [-0.2, -0.15) is 0 Å². The van der Waals surface area contributed by atoms with Gasteiger partial charge in [0.25, 0.3) is 0 Å². The van der Waals surface area contributed by atoms with Gasteiger partial charge in [0.2, 0.25) is 0 Å². The zero-order valence-corrected chi connectivity index (χ0v) is 12.6. The number of carbonyl (C=O) groups is 1. The summed E-state index contributed by atoms with van der Waals surface area (Å²) in [5.74, 6) is 0.488. The number of benzene rings is 1. The van der Waals surface area contributed by atoms with Gasteiger partial charge < -0.3 is 15.4 Å². The Balaban J connectivity index is 2.01. The van der Waals surface area contributed by atoms with E-state index in [1.807, 2.05) is 25.1 Å². The molecule has 0 atom stereocenters. The Hall–Kier alpha value is -1.71. The van der Waals surface area contributed by atoms with E-state index in [-0.39, 0.29) is 12.1 Å². The van der Waals surface area contributed by atoms with Gasteiger partial charge in [0.05, 0.1) is 16.9 Å². The molecule has 1 fully saturated rings. The molecule has 1 aliphatic carbocycles. The summed E-state index contributed by atoms with van der Waals surface area (Å²) < 4.78 is 5.57. The minimum atomic E-state index is -0.262. The number of nitrogens with zero attached hydrogens (tertiary/aromatic N) is 1. The Morgan fingerprint density at radius 3 is 2.45 bits per heavy atom. The first-order valence-electron chi connectivity index (χ1n) is 7.25. The molecule has 2 rings (SSSR count). The Morgan fingerprint density at radius 1 is 1.25 bits per heavy atom. The van der Waals surface area contributed by atoms with Crippen molar-refractivity contribution in [1.29, 1.82) is 0 Å². The minimum Gasteiger partial charge on any atom is -0.459 e. The van der Waals surface area contributed by atoms with Gasteiger partial charge in [-0.05, 0) is 49.8 Å². The number of hydrogen-bond acceptors (Lipinski definition) is 4. The molecule has 0 unspecified atom stereocenters.